The molecular formula is C17H22ClN3O. The molecule has 5 heteroatoms. The van der Waals surface area contributed by atoms with Gasteiger partial charge in [-0.3, -0.25) is 0 Å². The Balaban J connectivity index is 1.84. The lowest BCUT2D eigenvalue weighted by atomic mass is 9.97. The maximum absolute atomic E-state index is 11.9. The normalized spacial score (nSPS) is 14.5. The average molecular weight is 320 g/mol. The van der Waals surface area contributed by atoms with E-state index in [9.17, 15) is 4.79 Å². The number of carbonyl (C=O) groups excluding carboxylic acids is 1. The molecule has 0 saturated carbocycles. The third kappa shape index (κ3) is 2.68. The molecule has 1 aromatic carbocycles. The molecule has 1 aliphatic rings. The van der Waals surface area contributed by atoms with E-state index < -0.39 is 0 Å². The van der Waals surface area contributed by atoms with Crippen LogP contribution in [0.3, 0.4) is 0 Å². The summed E-state index contributed by atoms with van der Waals surface area (Å²) in [4.78, 5) is 17.0. The zero-order chi connectivity index (χ0) is 15.9. The topological polar surface area (TPSA) is 48.1 Å². The van der Waals surface area contributed by atoms with Crippen molar-refractivity contribution in [2.45, 2.75) is 39.7 Å². The Hall–Kier alpha value is -1.68. The van der Waals surface area contributed by atoms with Gasteiger partial charge in [0.15, 0.2) is 0 Å². The van der Waals surface area contributed by atoms with Gasteiger partial charge in [-0.05, 0) is 42.5 Å². The number of aromatic amines is 1. The number of amides is 2. The molecule has 2 N–H and O–H groups in total. The molecule has 0 atom stereocenters. The number of fused-ring (bicyclic) bond motifs is 1. The summed E-state index contributed by atoms with van der Waals surface area (Å²) in [5.41, 5.74) is 4.47. The molecule has 0 spiro atoms. The predicted octanol–water partition coefficient (Wildman–Crippen LogP) is 4.17. The van der Waals surface area contributed by atoms with Crippen molar-refractivity contribution in [3.8, 4) is 0 Å². The number of halogens is 1. The number of urea groups is 1. The van der Waals surface area contributed by atoms with E-state index in [-0.39, 0.29) is 6.03 Å². The molecule has 0 bridgehead atoms. The number of nitrogens with zero attached hydrogens (tertiary/aromatic N) is 1. The lowest BCUT2D eigenvalue weighted by molar-refractivity contribution is 0.167. The van der Waals surface area contributed by atoms with Gasteiger partial charge in [0.05, 0.1) is 17.3 Å². The van der Waals surface area contributed by atoms with Crippen molar-refractivity contribution in [3.05, 3.63) is 34.0 Å². The molecule has 3 rings (SSSR count). The first-order valence-electron chi connectivity index (χ1n) is 7.80. The van der Waals surface area contributed by atoms with E-state index in [0.29, 0.717) is 17.5 Å². The van der Waals surface area contributed by atoms with Crippen molar-refractivity contribution < 1.29 is 4.79 Å². The van der Waals surface area contributed by atoms with Gasteiger partial charge >= 0.3 is 6.03 Å². The SMILES string of the molecule is Cc1cc2c(Cl)c(CNC(=O)N3CCC3)[nH]c2cc1C(C)C. The van der Waals surface area contributed by atoms with Crippen LogP contribution >= 0.6 is 11.6 Å². The van der Waals surface area contributed by atoms with E-state index in [0.717, 1.165) is 36.1 Å². The highest BCUT2D eigenvalue weighted by Gasteiger charge is 2.20. The van der Waals surface area contributed by atoms with E-state index in [2.05, 4.69) is 43.2 Å². The van der Waals surface area contributed by atoms with Gasteiger partial charge in [0, 0.05) is 24.0 Å². The number of rotatable bonds is 3. The lowest BCUT2D eigenvalue weighted by Gasteiger charge is -2.30. The minimum absolute atomic E-state index is 0.0139. The van der Waals surface area contributed by atoms with Gasteiger partial charge in [-0.15, -0.1) is 0 Å². The van der Waals surface area contributed by atoms with Crippen LogP contribution in [0, 0.1) is 6.92 Å². The molecule has 2 amide bonds. The van der Waals surface area contributed by atoms with E-state index in [1.165, 1.54) is 11.1 Å². The Morgan fingerprint density at radius 1 is 1.41 bits per heavy atom. The van der Waals surface area contributed by atoms with Crippen molar-refractivity contribution in [1.29, 1.82) is 0 Å². The number of H-pyrrole nitrogens is 1. The molecule has 1 aliphatic heterocycles. The fourth-order valence-electron chi connectivity index (χ4n) is 2.93. The summed E-state index contributed by atoms with van der Waals surface area (Å²) in [5, 5.41) is 4.66. The number of aryl methyl sites for hydroxylation is 1. The summed E-state index contributed by atoms with van der Waals surface area (Å²) >= 11 is 6.48. The average Bonchev–Trinajstić information content (AvgIpc) is 2.70. The van der Waals surface area contributed by atoms with Crippen LogP contribution in [-0.2, 0) is 6.54 Å². The molecule has 2 aromatic rings. The summed E-state index contributed by atoms with van der Waals surface area (Å²) in [6.45, 7) is 8.62. The smallest absolute Gasteiger partial charge is 0.317 e. The maximum atomic E-state index is 11.9. The van der Waals surface area contributed by atoms with Crippen LogP contribution in [0.25, 0.3) is 10.9 Å². The predicted molar refractivity (Wildman–Crippen MR) is 90.6 cm³/mol. The second kappa shape index (κ2) is 5.84. The molecule has 22 heavy (non-hydrogen) atoms. The van der Waals surface area contributed by atoms with E-state index in [1.807, 2.05) is 0 Å². The summed E-state index contributed by atoms with van der Waals surface area (Å²) < 4.78 is 0. The first-order chi connectivity index (χ1) is 10.5. The Labute approximate surface area is 135 Å². The number of hydrogen-bond acceptors (Lipinski definition) is 1. The van der Waals surface area contributed by atoms with Crippen LogP contribution in [0.2, 0.25) is 5.02 Å². The van der Waals surface area contributed by atoms with Crippen LogP contribution in [-0.4, -0.2) is 29.0 Å². The minimum atomic E-state index is -0.0139. The van der Waals surface area contributed by atoms with Gasteiger partial charge < -0.3 is 15.2 Å². The van der Waals surface area contributed by atoms with Crippen molar-refractivity contribution >= 4 is 28.5 Å². The third-order valence-electron chi connectivity index (χ3n) is 4.37. The van der Waals surface area contributed by atoms with Crippen LogP contribution in [0.15, 0.2) is 12.1 Å². The van der Waals surface area contributed by atoms with Crippen LogP contribution in [0.4, 0.5) is 4.79 Å². The molecule has 0 unspecified atom stereocenters. The van der Waals surface area contributed by atoms with Gasteiger partial charge in [-0.2, -0.15) is 0 Å². The standard InChI is InChI=1S/C17H22ClN3O/c1-10(2)12-8-14-13(7-11(12)3)16(18)15(20-14)9-19-17(22)21-5-4-6-21/h7-8,10,20H,4-6,9H2,1-3H3,(H,19,22). The number of likely N-dealkylation sites (tertiary alicyclic amines) is 1. The van der Waals surface area contributed by atoms with E-state index in [1.54, 1.807) is 4.90 Å². The highest BCUT2D eigenvalue weighted by molar-refractivity contribution is 6.36. The zero-order valence-electron chi connectivity index (χ0n) is 13.3. The molecule has 1 fully saturated rings. The Morgan fingerprint density at radius 2 is 2.14 bits per heavy atom. The number of carbonyl (C=O) groups is 1. The summed E-state index contributed by atoms with van der Waals surface area (Å²) in [6.07, 6.45) is 1.10. The molecule has 118 valence electrons. The van der Waals surface area contributed by atoms with Crippen molar-refractivity contribution in [1.82, 2.24) is 15.2 Å². The van der Waals surface area contributed by atoms with Gasteiger partial charge in [-0.25, -0.2) is 4.79 Å². The highest BCUT2D eigenvalue weighted by Crippen LogP contribution is 2.32. The highest BCUT2D eigenvalue weighted by atomic mass is 35.5. The first-order valence-corrected chi connectivity index (χ1v) is 8.18. The van der Waals surface area contributed by atoms with Crippen molar-refractivity contribution in [3.63, 3.8) is 0 Å². The quantitative estimate of drug-likeness (QED) is 0.876. The second-order valence-electron chi connectivity index (χ2n) is 6.33. The fraction of sp³-hybridized carbons (Fsp3) is 0.471. The first kappa shape index (κ1) is 15.2. The van der Waals surface area contributed by atoms with E-state index >= 15 is 0 Å². The molecule has 0 radical (unpaired) electrons. The zero-order valence-corrected chi connectivity index (χ0v) is 14.0. The fourth-order valence-corrected chi connectivity index (χ4v) is 3.20. The minimum Gasteiger partial charge on any atom is -0.356 e. The summed E-state index contributed by atoms with van der Waals surface area (Å²) in [6, 6.07) is 4.28. The van der Waals surface area contributed by atoms with Crippen molar-refractivity contribution in [2.75, 3.05) is 13.1 Å². The molecule has 1 aromatic heterocycles. The van der Waals surface area contributed by atoms with Gasteiger partial charge in [0.1, 0.15) is 0 Å². The second-order valence-corrected chi connectivity index (χ2v) is 6.70. The molecule has 4 nitrogen and oxygen atoms in total. The van der Waals surface area contributed by atoms with E-state index in [4.69, 9.17) is 11.6 Å². The van der Waals surface area contributed by atoms with Crippen LogP contribution in [0.1, 0.15) is 43.0 Å². The lowest BCUT2D eigenvalue weighted by Crippen LogP contribution is -2.47. The molecular weight excluding hydrogens is 298 g/mol. The monoisotopic (exact) mass is 319 g/mol. The molecule has 1 saturated heterocycles. The Morgan fingerprint density at radius 3 is 2.73 bits per heavy atom. The number of nitrogens with one attached hydrogen (secondary N) is 2. The van der Waals surface area contributed by atoms with Gasteiger partial charge in [0.25, 0.3) is 0 Å². The maximum Gasteiger partial charge on any atom is 0.317 e. The molecule has 2 heterocycles. The van der Waals surface area contributed by atoms with Gasteiger partial charge in [0.2, 0.25) is 0 Å². The third-order valence-corrected chi connectivity index (χ3v) is 4.81. The number of aromatic nitrogens is 1. The Bertz CT molecular complexity index is 716. The van der Waals surface area contributed by atoms with Crippen molar-refractivity contribution in [2.24, 2.45) is 0 Å². The van der Waals surface area contributed by atoms with Crippen LogP contribution in [0.5, 0.6) is 0 Å². The van der Waals surface area contributed by atoms with Crippen LogP contribution < -0.4 is 5.32 Å². The summed E-state index contributed by atoms with van der Waals surface area (Å²) in [7, 11) is 0. The molecule has 0 aliphatic carbocycles. The number of hydrogen-bond donors (Lipinski definition) is 2. The Kier molecular flexibility index (Phi) is 4.04. The van der Waals surface area contributed by atoms with Gasteiger partial charge in [-0.1, -0.05) is 25.4 Å². The largest absolute Gasteiger partial charge is 0.356 e. The number of benzene rings is 1. The summed E-state index contributed by atoms with van der Waals surface area (Å²) in [5.74, 6) is 0.473.